The van der Waals surface area contributed by atoms with E-state index >= 15 is 0 Å². The molecular weight excluding hydrogens is 336 g/mol. The van der Waals surface area contributed by atoms with Crippen molar-refractivity contribution in [2.75, 3.05) is 10.6 Å². The highest BCUT2D eigenvalue weighted by Gasteiger charge is 2.05. The van der Waals surface area contributed by atoms with Crippen LogP contribution in [0.25, 0.3) is 0 Å². The topological polar surface area (TPSA) is 66.9 Å². The number of rotatable bonds is 5. The van der Waals surface area contributed by atoms with Crippen molar-refractivity contribution < 1.29 is 4.79 Å². The van der Waals surface area contributed by atoms with E-state index in [0.717, 1.165) is 17.1 Å². The number of aromatic nitrogens is 2. The Morgan fingerprint density at radius 2 is 1.52 bits per heavy atom. The number of hydrogen-bond acceptors (Lipinski definition) is 5. The quantitative estimate of drug-likeness (QED) is 0.623. The molecule has 0 saturated carbocycles. The van der Waals surface area contributed by atoms with Crippen molar-refractivity contribution >= 4 is 40.5 Å². The third kappa shape index (κ3) is 4.55. The van der Waals surface area contributed by atoms with Crippen LogP contribution in [0.1, 0.15) is 23.0 Å². The zero-order chi connectivity index (χ0) is 17.8. The third-order valence-electron chi connectivity index (χ3n) is 3.52. The van der Waals surface area contributed by atoms with Gasteiger partial charge in [0.25, 0.3) is 0 Å². The first-order chi connectivity index (χ1) is 12.0. The number of aryl methyl sites for hydroxylation is 1. The highest BCUT2D eigenvalue weighted by molar-refractivity contribution is 6.30. The van der Waals surface area contributed by atoms with Crippen LogP contribution in [0.4, 0.5) is 23.1 Å². The van der Waals surface area contributed by atoms with Gasteiger partial charge in [0.1, 0.15) is 5.82 Å². The van der Waals surface area contributed by atoms with Crippen LogP contribution >= 0.6 is 11.6 Å². The normalized spacial score (nSPS) is 10.4. The molecule has 0 saturated heterocycles. The van der Waals surface area contributed by atoms with Gasteiger partial charge in [0.2, 0.25) is 5.95 Å². The van der Waals surface area contributed by atoms with Crippen LogP contribution in [0, 0.1) is 6.92 Å². The summed E-state index contributed by atoms with van der Waals surface area (Å²) in [6, 6.07) is 16.4. The summed E-state index contributed by atoms with van der Waals surface area (Å²) in [4.78, 5) is 20.2. The van der Waals surface area contributed by atoms with Crippen molar-refractivity contribution in [3.63, 3.8) is 0 Å². The maximum atomic E-state index is 11.3. The Bertz CT molecular complexity index is 892. The lowest BCUT2D eigenvalue weighted by molar-refractivity contribution is 0.101. The average Bonchev–Trinajstić information content (AvgIpc) is 2.57. The predicted molar refractivity (Wildman–Crippen MR) is 101 cm³/mol. The number of anilines is 4. The van der Waals surface area contributed by atoms with E-state index in [-0.39, 0.29) is 5.78 Å². The fraction of sp³-hybridized carbons (Fsp3) is 0.105. The molecule has 2 aromatic carbocycles. The Morgan fingerprint density at radius 1 is 0.920 bits per heavy atom. The van der Waals surface area contributed by atoms with Crippen LogP contribution in [-0.2, 0) is 0 Å². The molecule has 6 heteroatoms. The van der Waals surface area contributed by atoms with Gasteiger partial charge in [-0.1, -0.05) is 11.6 Å². The fourth-order valence-electron chi connectivity index (χ4n) is 2.29. The maximum absolute atomic E-state index is 11.3. The number of carbonyl (C=O) groups is 1. The van der Waals surface area contributed by atoms with E-state index in [1.165, 1.54) is 0 Å². The zero-order valence-electron chi connectivity index (χ0n) is 13.9. The molecule has 0 unspecified atom stereocenters. The van der Waals surface area contributed by atoms with Gasteiger partial charge < -0.3 is 10.6 Å². The van der Waals surface area contributed by atoms with Crippen LogP contribution in [-0.4, -0.2) is 15.8 Å². The minimum absolute atomic E-state index is 0.0350. The highest BCUT2D eigenvalue weighted by Crippen LogP contribution is 2.21. The van der Waals surface area contributed by atoms with Crippen molar-refractivity contribution in [3.8, 4) is 0 Å². The standard InChI is InChI=1S/C19H17ClN4O/c1-12-11-18(22-16-9-5-15(20)6-10-16)24-19(21-12)23-17-7-3-14(4-8-17)13(2)25/h3-11H,1-2H3,(H2,21,22,23,24). The Kier molecular flexibility index (Phi) is 4.95. The van der Waals surface area contributed by atoms with Crippen LogP contribution in [0.5, 0.6) is 0 Å². The Labute approximate surface area is 151 Å². The molecule has 3 aromatic rings. The first kappa shape index (κ1) is 16.9. The molecule has 25 heavy (non-hydrogen) atoms. The van der Waals surface area contributed by atoms with E-state index in [1.54, 1.807) is 19.1 Å². The molecule has 0 aliphatic rings. The van der Waals surface area contributed by atoms with Gasteiger partial charge in [0.15, 0.2) is 5.78 Å². The summed E-state index contributed by atoms with van der Waals surface area (Å²) >= 11 is 5.90. The van der Waals surface area contributed by atoms with Gasteiger partial charge in [-0.15, -0.1) is 0 Å². The molecule has 3 rings (SSSR count). The Morgan fingerprint density at radius 3 is 2.16 bits per heavy atom. The minimum atomic E-state index is 0.0350. The number of carbonyl (C=O) groups excluding carboxylic acids is 1. The van der Waals surface area contributed by atoms with Gasteiger partial charge in [-0.25, -0.2) is 4.98 Å². The van der Waals surface area contributed by atoms with Crippen molar-refractivity contribution in [2.45, 2.75) is 13.8 Å². The number of nitrogens with zero attached hydrogens (tertiary/aromatic N) is 2. The molecule has 0 aliphatic heterocycles. The van der Waals surface area contributed by atoms with Crippen LogP contribution in [0.2, 0.25) is 5.02 Å². The Hall–Kier alpha value is -2.92. The number of hydrogen-bond donors (Lipinski definition) is 2. The first-order valence-electron chi connectivity index (χ1n) is 7.76. The lowest BCUT2D eigenvalue weighted by atomic mass is 10.1. The summed E-state index contributed by atoms with van der Waals surface area (Å²) in [6.45, 7) is 3.44. The van der Waals surface area contributed by atoms with Crippen LogP contribution in [0.3, 0.4) is 0 Å². The van der Waals surface area contributed by atoms with Gasteiger partial charge in [-0.3, -0.25) is 4.79 Å². The lowest BCUT2D eigenvalue weighted by Crippen LogP contribution is -2.02. The number of benzene rings is 2. The molecule has 0 spiro atoms. The van der Waals surface area contributed by atoms with E-state index in [1.807, 2.05) is 49.4 Å². The van der Waals surface area contributed by atoms with Crippen molar-refractivity contribution in [1.82, 2.24) is 9.97 Å². The molecule has 1 heterocycles. The molecule has 0 amide bonds. The van der Waals surface area contributed by atoms with Gasteiger partial charge in [-0.2, -0.15) is 4.98 Å². The summed E-state index contributed by atoms with van der Waals surface area (Å²) in [5.41, 5.74) is 3.20. The molecule has 0 fully saturated rings. The first-order valence-corrected chi connectivity index (χ1v) is 8.14. The number of halogens is 1. The number of Topliss-reactive ketones (excluding diaryl/α,β-unsaturated/α-hetero) is 1. The molecule has 0 aliphatic carbocycles. The maximum Gasteiger partial charge on any atom is 0.229 e. The van der Waals surface area contributed by atoms with Crippen molar-refractivity contribution in [1.29, 1.82) is 0 Å². The highest BCUT2D eigenvalue weighted by atomic mass is 35.5. The fourth-order valence-corrected chi connectivity index (χ4v) is 2.41. The van der Waals surface area contributed by atoms with Crippen molar-refractivity contribution in [2.24, 2.45) is 0 Å². The Balaban J connectivity index is 1.79. The SMILES string of the molecule is CC(=O)c1ccc(Nc2nc(C)cc(Nc3ccc(Cl)cc3)n2)cc1. The van der Waals surface area contributed by atoms with Gasteiger partial charge in [0, 0.05) is 33.7 Å². The molecule has 5 nitrogen and oxygen atoms in total. The molecule has 0 radical (unpaired) electrons. The van der Waals surface area contributed by atoms with Crippen LogP contribution < -0.4 is 10.6 Å². The molecule has 2 N–H and O–H groups in total. The smallest absolute Gasteiger partial charge is 0.229 e. The molecule has 126 valence electrons. The summed E-state index contributed by atoms with van der Waals surface area (Å²) in [6.07, 6.45) is 0. The van der Waals surface area contributed by atoms with Crippen molar-refractivity contribution in [3.05, 3.63) is 70.9 Å². The monoisotopic (exact) mass is 352 g/mol. The number of nitrogens with one attached hydrogen (secondary N) is 2. The third-order valence-corrected chi connectivity index (χ3v) is 3.77. The van der Waals surface area contributed by atoms with Gasteiger partial charge >= 0.3 is 0 Å². The summed E-state index contributed by atoms with van der Waals surface area (Å²) in [5.74, 6) is 1.19. The molecular formula is C19H17ClN4O. The van der Waals surface area contributed by atoms with E-state index in [4.69, 9.17) is 11.6 Å². The van der Waals surface area contributed by atoms with E-state index in [2.05, 4.69) is 20.6 Å². The molecule has 1 aromatic heterocycles. The summed E-state index contributed by atoms with van der Waals surface area (Å²) in [7, 11) is 0. The lowest BCUT2D eigenvalue weighted by Gasteiger charge is -2.10. The second-order valence-electron chi connectivity index (χ2n) is 5.61. The van der Waals surface area contributed by atoms with E-state index in [0.29, 0.717) is 22.4 Å². The van der Waals surface area contributed by atoms with E-state index in [9.17, 15) is 4.79 Å². The van der Waals surface area contributed by atoms with E-state index < -0.39 is 0 Å². The molecule has 0 bridgehead atoms. The van der Waals surface area contributed by atoms with Gasteiger partial charge in [-0.05, 0) is 62.4 Å². The molecule has 0 atom stereocenters. The predicted octanol–water partition coefficient (Wildman–Crippen LogP) is 5.13. The average molecular weight is 353 g/mol. The summed E-state index contributed by atoms with van der Waals surface area (Å²) < 4.78 is 0. The zero-order valence-corrected chi connectivity index (χ0v) is 14.6. The van der Waals surface area contributed by atoms with Gasteiger partial charge in [0.05, 0.1) is 0 Å². The second-order valence-corrected chi connectivity index (χ2v) is 6.05. The number of ketones is 1. The largest absolute Gasteiger partial charge is 0.340 e. The second kappa shape index (κ2) is 7.32. The summed E-state index contributed by atoms with van der Waals surface area (Å²) in [5, 5.41) is 7.06. The van der Waals surface area contributed by atoms with Crippen LogP contribution in [0.15, 0.2) is 54.6 Å². The minimum Gasteiger partial charge on any atom is -0.340 e.